The molecule has 1 N–H and O–H groups in total. The first-order valence-corrected chi connectivity index (χ1v) is 11.1. The van der Waals surface area contributed by atoms with Crippen molar-refractivity contribution < 1.29 is 23.9 Å². The maximum Gasteiger partial charge on any atom is 0.338 e. The zero-order valence-electron chi connectivity index (χ0n) is 18.7. The van der Waals surface area contributed by atoms with E-state index in [1.165, 1.54) is 0 Å². The van der Waals surface area contributed by atoms with E-state index in [9.17, 15) is 14.4 Å². The van der Waals surface area contributed by atoms with Crippen LogP contribution < -0.4 is 5.32 Å². The molecule has 0 saturated carbocycles. The fourth-order valence-electron chi connectivity index (χ4n) is 4.06. The minimum atomic E-state index is -1.04. The summed E-state index contributed by atoms with van der Waals surface area (Å²) in [7, 11) is 1.79. The molecule has 2 aliphatic rings. The highest BCUT2D eigenvalue weighted by Crippen LogP contribution is 2.31. The molecule has 3 atom stereocenters. The summed E-state index contributed by atoms with van der Waals surface area (Å²) in [5, 5.41) is 2.92. The lowest BCUT2D eigenvalue weighted by molar-refractivity contribution is -0.162. The molecule has 7 heteroatoms. The molecule has 0 aromatic heterocycles. The number of carbonyl (C=O) groups excluding carboxylic acids is 3. The predicted molar refractivity (Wildman–Crippen MR) is 110 cm³/mol. The molecule has 0 bridgehead atoms. The first-order chi connectivity index (χ1) is 13.6. The van der Waals surface area contributed by atoms with Gasteiger partial charge >= 0.3 is 5.97 Å². The van der Waals surface area contributed by atoms with Crippen LogP contribution in [0.2, 0.25) is 0 Å². The van der Waals surface area contributed by atoms with Crippen LogP contribution in [0.25, 0.3) is 0 Å². The molecule has 29 heavy (non-hydrogen) atoms. The Labute approximate surface area is 174 Å². The van der Waals surface area contributed by atoms with Crippen molar-refractivity contribution in [1.82, 2.24) is 10.2 Å². The van der Waals surface area contributed by atoms with Gasteiger partial charge in [-0.3, -0.25) is 9.59 Å². The van der Waals surface area contributed by atoms with Crippen molar-refractivity contribution in [2.24, 2.45) is 11.8 Å². The quantitative estimate of drug-likeness (QED) is 0.708. The summed E-state index contributed by atoms with van der Waals surface area (Å²) < 4.78 is 11.1. The van der Waals surface area contributed by atoms with Crippen LogP contribution in [0.5, 0.6) is 0 Å². The summed E-state index contributed by atoms with van der Waals surface area (Å²) in [6, 6.07) is -0.620. The number of nitrogens with one attached hydrogen (secondary N) is 1. The topological polar surface area (TPSA) is 84.9 Å². The lowest BCUT2D eigenvalue weighted by Crippen LogP contribution is -2.53. The average molecular weight is 411 g/mol. The van der Waals surface area contributed by atoms with Gasteiger partial charge in [0.2, 0.25) is 17.6 Å². The second-order valence-corrected chi connectivity index (χ2v) is 9.22. The molecular weight excluding hydrogens is 372 g/mol. The maximum atomic E-state index is 13.2. The highest BCUT2D eigenvalue weighted by Gasteiger charge is 2.48. The summed E-state index contributed by atoms with van der Waals surface area (Å²) >= 11 is 0. The van der Waals surface area contributed by atoms with E-state index in [0.717, 1.165) is 44.9 Å². The molecular formula is C22H38N2O5. The SMILES string of the molecule is CC(C)[C@@H]1NC(=O)[C@@H](C2OC(C)(C)OC2=O)CCCCCCCCCN(C)C1=O. The molecule has 0 radical (unpaired) electrons. The van der Waals surface area contributed by atoms with Gasteiger partial charge in [-0.1, -0.05) is 52.4 Å². The van der Waals surface area contributed by atoms with Gasteiger partial charge in [0.15, 0.2) is 6.10 Å². The van der Waals surface area contributed by atoms with Gasteiger partial charge in [0, 0.05) is 27.4 Å². The number of cyclic esters (lactones) is 1. The lowest BCUT2D eigenvalue weighted by atomic mass is 9.92. The number of ether oxygens (including phenoxy) is 2. The number of rotatable bonds is 2. The third kappa shape index (κ3) is 6.69. The Kier molecular flexibility index (Phi) is 8.49. The van der Waals surface area contributed by atoms with Gasteiger partial charge in [-0.2, -0.15) is 0 Å². The third-order valence-electron chi connectivity index (χ3n) is 5.81. The Hall–Kier alpha value is -1.63. The van der Waals surface area contributed by atoms with Gasteiger partial charge in [-0.05, 0) is 18.8 Å². The zero-order chi connectivity index (χ0) is 21.6. The number of esters is 1. The summed E-state index contributed by atoms with van der Waals surface area (Å²) in [4.78, 5) is 40.2. The monoisotopic (exact) mass is 410 g/mol. The van der Waals surface area contributed by atoms with Crippen LogP contribution in [0.15, 0.2) is 0 Å². The first kappa shape index (κ1) is 23.6. The number of likely N-dealkylation sites (N-methyl/N-ethyl adjacent to an activating group) is 1. The van der Waals surface area contributed by atoms with Crippen LogP contribution in [-0.2, 0) is 23.9 Å². The Morgan fingerprint density at radius 2 is 1.59 bits per heavy atom. The lowest BCUT2D eigenvalue weighted by Gasteiger charge is -2.29. The minimum Gasteiger partial charge on any atom is -0.432 e. The number of nitrogens with zero attached hydrogens (tertiary/aromatic N) is 1. The molecule has 2 heterocycles. The Balaban J connectivity index is 2.22. The fourth-order valence-corrected chi connectivity index (χ4v) is 4.06. The summed E-state index contributed by atoms with van der Waals surface area (Å²) in [5.74, 6) is -2.64. The molecule has 0 aliphatic carbocycles. The second-order valence-electron chi connectivity index (χ2n) is 9.22. The molecule has 0 aromatic rings. The Morgan fingerprint density at radius 1 is 1.00 bits per heavy atom. The second kappa shape index (κ2) is 10.4. The van der Waals surface area contributed by atoms with Crippen LogP contribution >= 0.6 is 0 Å². The summed E-state index contributed by atoms with van der Waals surface area (Å²) in [5.41, 5.74) is 0. The smallest absolute Gasteiger partial charge is 0.338 e. The van der Waals surface area contributed by atoms with Gasteiger partial charge in [0.1, 0.15) is 6.04 Å². The summed E-state index contributed by atoms with van der Waals surface area (Å²) in [6.45, 7) is 7.87. The van der Waals surface area contributed by atoms with Crippen molar-refractivity contribution in [2.75, 3.05) is 13.6 Å². The van der Waals surface area contributed by atoms with Crippen LogP contribution in [0.1, 0.15) is 79.1 Å². The average Bonchev–Trinajstić information content (AvgIpc) is 2.91. The van der Waals surface area contributed by atoms with Crippen molar-refractivity contribution >= 4 is 17.8 Å². The maximum absolute atomic E-state index is 13.2. The molecule has 2 saturated heterocycles. The largest absolute Gasteiger partial charge is 0.432 e. The van der Waals surface area contributed by atoms with E-state index in [2.05, 4.69) is 5.32 Å². The fraction of sp³-hybridized carbons (Fsp3) is 0.864. The molecule has 2 rings (SSSR count). The Morgan fingerprint density at radius 3 is 2.14 bits per heavy atom. The van der Waals surface area contributed by atoms with Gasteiger partial charge in [-0.25, -0.2) is 4.79 Å². The molecule has 2 fully saturated rings. The van der Waals surface area contributed by atoms with Crippen LogP contribution in [0, 0.1) is 11.8 Å². The van der Waals surface area contributed by atoms with Gasteiger partial charge < -0.3 is 19.7 Å². The van der Waals surface area contributed by atoms with E-state index >= 15 is 0 Å². The summed E-state index contributed by atoms with van der Waals surface area (Å²) in [6.07, 6.45) is 6.96. The zero-order valence-corrected chi connectivity index (χ0v) is 18.7. The number of hydrogen-bond acceptors (Lipinski definition) is 5. The molecule has 2 aliphatic heterocycles. The number of hydrogen-bond donors (Lipinski definition) is 1. The highest BCUT2D eigenvalue weighted by atomic mass is 16.8. The van der Waals surface area contributed by atoms with E-state index in [-0.39, 0.29) is 17.7 Å². The molecule has 1 unspecified atom stereocenters. The molecule has 7 nitrogen and oxygen atoms in total. The Bertz CT molecular complexity index is 590. The predicted octanol–water partition coefficient (Wildman–Crippen LogP) is 3.01. The molecule has 0 aromatic carbocycles. The molecule has 0 spiro atoms. The van der Waals surface area contributed by atoms with Gasteiger partial charge in [0.05, 0.1) is 5.92 Å². The van der Waals surface area contributed by atoms with E-state index in [0.29, 0.717) is 13.0 Å². The van der Waals surface area contributed by atoms with E-state index in [1.807, 2.05) is 13.8 Å². The van der Waals surface area contributed by atoms with Gasteiger partial charge in [-0.15, -0.1) is 0 Å². The van der Waals surface area contributed by atoms with Crippen LogP contribution in [0.3, 0.4) is 0 Å². The highest BCUT2D eigenvalue weighted by molar-refractivity contribution is 5.91. The normalized spacial score (nSPS) is 30.5. The molecule has 166 valence electrons. The number of amides is 2. The van der Waals surface area contributed by atoms with E-state index < -0.39 is 29.8 Å². The van der Waals surface area contributed by atoms with Crippen LogP contribution in [-0.4, -0.2) is 54.2 Å². The van der Waals surface area contributed by atoms with E-state index in [1.54, 1.807) is 25.8 Å². The van der Waals surface area contributed by atoms with Crippen molar-refractivity contribution in [2.45, 2.75) is 97.0 Å². The molecule has 2 amide bonds. The third-order valence-corrected chi connectivity index (χ3v) is 5.81. The van der Waals surface area contributed by atoms with Gasteiger partial charge in [0.25, 0.3) is 0 Å². The number of carbonyl (C=O) groups is 3. The van der Waals surface area contributed by atoms with Crippen LogP contribution in [0.4, 0.5) is 0 Å². The van der Waals surface area contributed by atoms with Crippen molar-refractivity contribution in [3.8, 4) is 0 Å². The standard InChI is InChI=1S/C22H38N2O5/c1-15(2)17-20(26)24(5)14-12-10-8-6-7-9-11-13-16(19(25)23-17)18-21(27)29-22(3,4)28-18/h15-18H,6-14H2,1-5H3,(H,23,25)/t16-,17+,18?/m1/s1. The van der Waals surface area contributed by atoms with E-state index in [4.69, 9.17) is 9.47 Å². The van der Waals surface area contributed by atoms with Crippen molar-refractivity contribution in [3.05, 3.63) is 0 Å². The first-order valence-electron chi connectivity index (χ1n) is 11.1. The van der Waals surface area contributed by atoms with Crippen molar-refractivity contribution in [1.29, 1.82) is 0 Å². The van der Waals surface area contributed by atoms with Crippen molar-refractivity contribution in [3.63, 3.8) is 0 Å². The minimum absolute atomic E-state index is 0.0573.